The number of halogens is 1. The molecule has 1 aromatic heterocycles. The van der Waals surface area contributed by atoms with Crippen LogP contribution < -0.4 is 4.90 Å². The van der Waals surface area contributed by atoms with Gasteiger partial charge in [0.25, 0.3) is 5.91 Å². The Bertz CT molecular complexity index is 918. The highest BCUT2D eigenvalue weighted by atomic mass is 35.5. The van der Waals surface area contributed by atoms with Gasteiger partial charge in [-0.15, -0.1) is 0 Å². The standard InChI is InChI=1S/C19H16ClN3O/c1-12-9-14-5-2-3-8-18(14)23(12)19(24)17-11-16(21-22-17)13-6-4-7-15(20)10-13/h2-8,10-12H,9H2,1H3,(H,21,22). The minimum Gasteiger partial charge on any atom is -0.304 e. The lowest BCUT2D eigenvalue weighted by Gasteiger charge is -2.21. The zero-order chi connectivity index (χ0) is 16.7. The van der Waals surface area contributed by atoms with Crippen molar-refractivity contribution in [3.63, 3.8) is 0 Å². The van der Waals surface area contributed by atoms with Crippen LogP contribution in [0, 0.1) is 0 Å². The summed E-state index contributed by atoms with van der Waals surface area (Å²) in [5.74, 6) is -0.0618. The zero-order valence-electron chi connectivity index (χ0n) is 13.2. The largest absolute Gasteiger partial charge is 0.304 e. The van der Waals surface area contributed by atoms with Crippen LogP contribution >= 0.6 is 11.6 Å². The highest BCUT2D eigenvalue weighted by Crippen LogP contribution is 2.33. The number of nitrogens with one attached hydrogen (secondary N) is 1. The molecule has 1 aliphatic heterocycles. The summed E-state index contributed by atoms with van der Waals surface area (Å²) >= 11 is 6.03. The first-order valence-electron chi connectivity index (χ1n) is 7.86. The molecule has 0 saturated carbocycles. The quantitative estimate of drug-likeness (QED) is 0.757. The third-order valence-electron chi connectivity index (χ3n) is 4.35. The second-order valence-electron chi connectivity index (χ2n) is 6.03. The monoisotopic (exact) mass is 337 g/mol. The summed E-state index contributed by atoms with van der Waals surface area (Å²) in [7, 11) is 0. The summed E-state index contributed by atoms with van der Waals surface area (Å²) in [6, 6.07) is 17.4. The average molecular weight is 338 g/mol. The molecule has 3 aromatic rings. The van der Waals surface area contributed by atoms with E-state index in [0.29, 0.717) is 16.4 Å². The Morgan fingerprint density at radius 1 is 1.21 bits per heavy atom. The van der Waals surface area contributed by atoms with E-state index in [4.69, 9.17) is 11.6 Å². The van der Waals surface area contributed by atoms with Gasteiger partial charge in [0, 0.05) is 22.3 Å². The lowest BCUT2D eigenvalue weighted by molar-refractivity contribution is 0.0976. The van der Waals surface area contributed by atoms with Crippen LogP contribution in [-0.2, 0) is 6.42 Å². The van der Waals surface area contributed by atoms with E-state index in [-0.39, 0.29) is 11.9 Å². The third-order valence-corrected chi connectivity index (χ3v) is 4.59. The van der Waals surface area contributed by atoms with Crippen molar-refractivity contribution in [2.45, 2.75) is 19.4 Å². The molecule has 0 saturated heterocycles. The number of H-pyrrole nitrogens is 1. The van der Waals surface area contributed by atoms with Crippen LogP contribution in [0.2, 0.25) is 5.02 Å². The second kappa shape index (κ2) is 5.80. The Hall–Kier alpha value is -2.59. The van der Waals surface area contributed by atoms with Crippen LogP contribution in [0.4, 0.5) is 5.69 Å². The summed E-state index contributed by atoms with van der Waals surface area (Å²) in [6.45, 7) is 2.06. The highest BCUT2D eigenvalue weighted by Gasteiger charge is 2.32. The van der Waals surface area contributed by atoms with Crippen molar-refractivity contribution in [2.24, 2.45) is 0 Å². The van der Waals surface area contributed by atoms with Gasteiger partial charge in [0.05, 0.1) is 5.69 Å². The number of aromatic amines is 1. The number of fused-ring (bicyclic) bond motifs is 1. The molecule has 1 atom stereocenters. The van der Waals surface area contributed by atoms with Crippen molar-refractivity contribution in [1.82, 2.24) is 10.2 Å². The normalized spacial score (nSPS) is 16.2. The minimum atomic E-state index is -0.0618. The first-order chi connectivity index (χ1) is 11.6. The number of hydrogen-bond donors (Lipinski definition) is 1. The Morgan fingerprint density at radius 2 is 2.04 bits per heavy atom. The smallest absolute Gasteiger partial charge is 0.276 e. The maximum absolute atomic E-state index is 13.0. The predicted molar refractivity (Wildman–Crippen MR) is 95.5 cm³/mol. The maximum Gasteiger partial charge on any atom is 0.276 e. The van der Waals surface area contributed by atoms with Gasteiger partial charge < -0.3 is 4.90 Å². The van der Waals surface area contributed by atoms with Gasteiger partial charge in [-0.2, -0.15) is 5.10 Å². The fourth-order valence-electron chi connectivity index (χ4n) is 3.23. The van der Waals surface area contributed by atoms with E-state index >= 15 is 0 Å². The van der Waals surface area contributed by atoms with E-state index in [2.05, 4.69) is 23.2 Å². The van der Waals surface area contributed by atoms with Crippen molar-refractivity contribution in [1.29, 1.82) is 0 Å². The molecule has 4 nitrogen and oxygen atoms in total. The van der Waals surface area contributed by atoms with Gasteiger partial charge >= 0.3 is 0 Å². The first kappa shape index (κ1) is 15.0. The second-order valence-corrected chi connectivity index (χ2v) is 6.47. The number of anilines is 1. The lowest BCUT2D eigenvalue weighted by atomic mass is 10.1. The molecule has 5 heteroatoms. The molecule has 4 rings (SSSR count). The summed E-state index contributed by atoms with van der Waals surface area (Å²) in [6.07, 6.45) is 0.872. The number of benzene rings is 2. The van der Waals surface area contributed by atoms with Gasteiger partial charge in [0.2, 0.25) is 0 Å². The number of para-hydroxylation sites is 1. The molecule has 0 aliphatic carbocycles. The fraction of sp³-hybridized carbons (Fsp3) is 0.158. The Kier molecular flexibility index (Phi) is 3.62. The number of carbonyl (C=O) groups excluding carboxylic acids is 1. The maximum atomic E-state index is 13.0. The van der Waals surface area contributed by atoms with E-state index in [9.17, 15) is 4.79 Å². The molecule has 1 unspecified atom stereocenters. The van der Waals surface area contributed by atoms with Gasteiger partial charge in [-0.25, -0.2) is 0 Å². The van der Waals surface area contributed by atoms with E-state index in [0.717, 1.165) is 17.7 Å². The van der Waals surface area contributed by atoms with Crippen LogP contribution in [-0.4, -0.2) is 22.1 Å². The number of rotatable bonds is 2. The van der Waals surface area contributed by atoms with Crippen LogP contribution in [0.5, 0.6) is 0 Å². The molecular weight excluding hydrogens is 322 g/mol. The molecule has 0 bridgehead atoms. The minimum absolute atomic E-state index is 0.0618. The molecular formula is C19H16ClN3O. The SMILES string of the molecule is CC1Cc2ccccc2N1C(=O)c1cc(-c2cccc(Cl)c2)n[nH]1. The van der Waals surface area contributed by atoms with Gasteiger partial charge in [-0.05, 0) is 43.2 Å². The summed E-state index contributed by atoms with van der Waals surface area (Å²) < 4.78 is 0. The van der Waals surface area contributed by atoms with Crippen LogP contribution in [0.1, 0.15) is 23.0 Å². The van der Waals surface area contributed by atoms with Crippen LogP contribution in [0.3, 0.4) is 0 Å². The third kappa shape index (κ3) is 2.49. The molecule has 2 aromatic carbocycles. The average Bonchev–Trinajstić information content (AvgIpc) is 3.18. The van der Waals surface area contributed by atoms with E-state index in [1.807, 2.05) is 47.4 Å². The molecule has 120 valence electrons. The highest BCUT2D eigenvalue weighted by molar-refractivity contribution is 6.30. The van der Waals surface area contributed by atoms with Crippen LogP contribution in [0.15, 0.2) is 54.6 Å². The van der Waals surface area contributed by atoms with Gasteiger partial charge in [0.15, 0.2) is 0 Å². The van der Waals surface area contributed by atoms with Crippen molar-refractivity contribution in [2.75, 3.05) is 4.90 Å². The van der Waals surface area contributed by atoms with Crippen molar-refractivity contribution in [3.05, 3.63) is 70.9 Å². The number of aromatic nitrogens is 2. The zero-order valence-corrected chi connectivity index (χ0v) is 13.9. The molecule has 0 fully saturated rings. The molecule has 0 radical (unpaired) electrons. The summed E-state index contributed by atoms with van der Waals surface area (Å²) in [4.78, 5) is 14.8. The van der Waals surface area contributed by atoms with Crippen molar-refractivity contribution >= 4 is 23.2 Å². The summed E-state index contributed by atoms with van der Waals surface area (Å²) in [5.41, 5.74) is 4.25. The van der Waals surface area contributed by atoms with Crippen molar-refractivity contribution in [3.8, 4) is 11.3 Å². The Morgan fingerprint density at radius 3 is 2.88 bits per heavy atom. The predicted octanol–water partition coefficient (Wildman–Crippen LogP) is 4.32. The van der Waals surface area contributed by atoms with E-state index in [1.54, 1.807) is 6.07 Å². The lowest BCUT2D eigenvalue weighted by Crippen LogP contribution is -2.35. The van der Waals surface area contributed by atoms with E-state index in [1.165, 1.54) is 5.56 Å². The Balaban J connectivity index is 1.67. The number of amides is 1. The topological polar surface area (TPSA) is 49.0 Å². The van der Waals surface area contributed by atoms with Gasteiger partial charge in [-0.1, -0.05) is 41.9 Å². The van der Waals surface area contributed by atoms with Crippen molar-refractivity contribution < 1.29 is 4.79 Å². The van der Waals surface area contributed by atoms with Crippen LogP contribution in [0.25, 0.3) is 11.3 Å². The van der Waals surface area contributed by atoms with E-state index < -0.39 is 0 Å². The van der Waals surface area contributed by atoms with Gasteiger partial charge in [0.1, 0.15) is 5.69 Å². The molecule has 1 amide bonds. The molecule has 1 aliphatic rings. The summed E-state index contributed by atoms with van der Waals surface area (Å²) in [5, 5.41) is 7.78. The number of hydrogen-bond acceptors (Lipinski definition) is 2. The first-order valence-corrected chi connectivity index (χ1v) is 8.24. The molecule has 0 spiro atoms. The fourth-order valence-corrected chi connectivity index (χ4v) is 3.42. The number of carbonyl (C=O) groups is 1. The Labute approximate surface area is 145 Å². The molecule has 2 heterocycles. The molecule has 24 heavy (non-hydrogen) atoms. The van der Waals surface area contributed by atoms with Gasteiger partial charge in [-0.3, -0.25) is 9.89 Å². The number of nitrogens with zero attached hydrogens (tertiary/aromatic N) is 2. The molecule has 1 N–H and O–H groups in total.